The number of aliphatic hydroxyl groups excluding tert-OH is 1. The van der Waals surface area contributed by atoms with E-state index >= 15 is 0 Å². The number of ether oxygens (including phenoxy) is 1. The lowest BCUT2D eigenvalue weighted by molar-refractivity contribution is -0.287. The molecule has 1 saturated heterocycles. The zero-order chi connectivity index (χ0) is 13.4. The van der Waals surface area contributed by atoms with Gasteiger partial charge in [0.25, 0.3) is 0 Å². The lowest BCUT2D eigenvalue weighted by atomic mass is 10.1. The van der Waals surface area contributed by atoms with Gasteiger partial charge in [0.2, 0.25) is 0 Å². The van der Waals surface area contributed by atoms with Crippen molar-refractivity contribution < 1.29 is 9.84 Å². The van der Waals surface area contributed by atoms with Crippen molar-refractivity contribution in [1.29, 1.82) is 0 Å². The second kappa shape index (κ2) is 7.84. The van der Waals surface area contributed by atoms with Gasteiger partial charge in [-0.15, -0.1) is 0 Å². The van der Waals surface area contributed by atoms with Gasteiger partial charge in [-0.25, -0.2) is 0 Å². The zero-order valence-corrected chi connectivity index (χ0v) is 11.9. The molecule has 0 aromatic carbocycles. The van der Waals surface area contributed by atoms with E-state index in [0.717, 1.165) is 45.4 Å². The largest absolute Gasteiger partial charge is 0.396 e. The van der Waals surface area contributed by atoms with Gasteiger partial charge < -0.3 is 14.8 Å². The van der Waals surface area contributed by atoms with E-state index in [0.29, 0.717) is 0 Å². The van der Waals surface area contributed by atoms with Crippen molar-refractivity contribution >= 4 is 6.21 Å². The summed E-state index contributed by atoms with van der Waals surface area (Å²) in [4.78, 5) is 8.41. The van der Waals surface area contributed by atoms with Gasteiger partial charge >= 0.3 is 0 Å². The zero-order valence-electron chi connectivity index (χ0n) is 11.9. The van der Waals surface area contributed by atoms with Crippen LogP contribution in [0, 0.1) is 0 Å². The molecule has 0 aliphatic carbocycles. The summed E-state index contributed by atoms with van der Waals surface area (Å²) in [5.41, 5.74) is 0. The third-order valence-electron chi connectivity index (χ3n) is 3.61. The Morgan fingerprint density at radius 3 is 2.78 bits per heavy atom. The van der Waals surface area contributed by atoms with Crippen molar-refractivity contribution in [3.8, 4) is 0 Å². The number of unbranched alkanes of at least 4 members (excludes halogenated alkanes) is 1. The number of aliphatic hydroxyl groups is 1. The number of hydrogen-bond donors (Lipinski definition) is 1. The molecule has 1 heterocycles. The Balaban J connectivity index is 2.38. The van der Waals surface area contributed by atoms with Crippen LogP contribution in [0.5, 0.6) is 0 Å². The fraction of sp³-hybridized carbons (Fsp3) is 0.923. The van der Waals surface area contributed by atoms with Crippen molar-refractivity contribution in [3.05, 3.63) is 0 Å². The van der Waals surface area contributed by atoms with Gasteiger partial charge in [0, 0.05) is 33.2 Å². The van der Waals surface area contributed by atoms with E-state index < -0.39 is 0 Å². The van der Waals surface area contributed by atoms with Gasteiger partial charge in [0.15, 0.2) is 5.85 Å². The van der Waals surface area contributed by atoms with E-state index in [1.165, 1.54) is 0 Å². The van der Waals surface area contributed by atoms with Crippen LogP contribution < -0.4 is 0 Å². The van der Waals surface area contributed by atoms with Gasteiger partial charge in [0.1, 0.15) is 0 Å². The number of nitrogens with zero attached hydrogens (tertiary/aromatic N) is 3. The van der Waals surface area contributed by atoms with Crippen LogP contribution in [0.4, 0.5) is 0 Å². The summed E-state index contributed by atoms with van der Waals surface area (Å²) in [6.07, 6.45) is 5.72. The van der Waals surface area contributed by atoms with Gasteiger partial charge in [-0.3, -0.25) is 9.80 Å². The molecule has 1 unspecified atom stereocenters. The topological polar surface area (TPSA) is 48.3 Å². The van der Waals surface area contributed by atoms with Crippen molar-refractivity contribution in [1.82, 2.24) is 9.80 Å². The summed E-state index contributed by atoms with van der Waals surface area (Å²) in [5, 5.41) is 8.92. The molecule has 5 heteroatoms. The molecular formula is C13H27N3O2. The molecule has 0 radical (unpaired) electrons. The van der Waals surface area contributed by atoms with Gasteiger partial charge in [-0.05, 0) is 39.6 Å². The number of aliphatic imine (C=N–C) groups is 1. The van der Waals surface area contributed by atoms with Crippen LogP contribution >= 0.6 is 0 Å². The normalized spacial score (nSPS) is 24.9. The van der Waals surface area contributed by atoms with Crippen LogP contribution in [0.2, 0.25) is 0 Å². The molecule has 1 atom stereocenters. The van der Waals surface area contributed by atoms with Crippen molar-refractivity contribution in [2.24, 2.45) is 4.99 Å². The van der Waals surface area contributed by atoms with E-state index in [4.69, 9.17) is 9.84 Å². The average molecular weight is 257 g/mol. The van der Waals surface area contributed by atoms with Crippen LogP contribution in [-0.2, 0) is 4.74 Å². The monoisotopic (exact) mass is 257 g/mol. The summed E-state index contributed by atoms with van der Waals surface area (Å²) < 4.78 is 6.09. The van der Waals surface area contributed by atoms with Crippen LogP contribution in [0.1, 0.15) is 25.7 Å². The molecular weight excluding hydrogens is 230 g/mol. The highest BCUT2D eigenvalue weighted by Crippen LogP contribution is 2.33. The van der Waals surface area contributed by atoms with Gasteiger partial charge in [0.05, 0.1) is 6.61 Å². The number of hydrogen-bond acceptors (Lipinski definition) is 5. The average Bonchev–Trinajstić information content (AvgIpc) is 2.38. The standard InChI is InChI=1S/C13H27N3O2/c1-14-8-4-5-12-18-13(7-10-16(13)3)15(2)9-6-11-17/h8,17H,4-7,9-12H2,1-3H3/b14-8-. The molecule has 0 aromatic rings. The molecule has 0 spiro atoms. The quantitative estimate of drug-likeness (QED) is 0.377. The second-order valence-corrected chi connectivity index (χ2v) is 4.84. The second-order valence-electron chi connectivity index (χ2n) is 4.84. The molecule has 0 bridgehead atoms. The van der Waals surface area contributed by atoms with E-state index in [2.05, 4.69) is 28.9 Å². The van der Waals surface area contributed by atoms with Crippen LogP contribution in [-0.4, -0.2) is 74.4 Å². The minimum atomic E-state index is -0.251. The molecule has 5 nitrogen and oxygen atoms in total. The molecule has 106 valence electrons. The van der Waals surface area contributed by atoms with Crippen molar-refractivity contribution in [2.75, 3.05) is 47.4 Å². The van der Waals surface area contributed by atoms with Crippen molar-refractivity contribution in [2.45, 2.75) is 31.5 Å². The maximum Gasteiger partial charge on any atom is 0.180 e. The predicted octanol–water partition coefficient (Wildman–Crippen LogP) is 0.787. The van der Waals surface area contributed by atoms with Crippen LogP contribution in [0.3, 0.4) is 0 Å². The molecule has 0 aromatic heterocycles. The number of likely N-dealkylation sites (tertiary alicyclic amines) is 1. The minimum Gasteiger partial charge on any atom is -0.396 e. The first-order valence-corrected chi connectivity index (χ1v) is 6.75. The Bertz CT molecular complexity index is 261. The SMILES string of the molecule is C/N=C\CCCOC1(N(C)CCCO)CCN1C. The Kier molecular flexibility index (Phi) is 6.78. The van der Waals surface area contributed by atoms with E-state index in [-0.39, 0.29) is 12.5 Å². The van der Waals surface area contributed by atoms with E-state index in [1.807, 2.05) is 6.21 Å². The van der Waals surface area contributed by atoms with Crippen LogP contribution in [0.25, 0.3) is 0 Å². The maximum atomic E-state index is 8.92. The first kappa shape index (κ1) is 15.6. The predicted molar refractivity (Wildman–Crippen MR) is 73.9 cm³/mol. The molecule has 1 fully saturated rings. The maximum absolute atomic E-state index is 8.92. The Labute approximate surface area is 110 Å². The highest BCUT2D eigenvalue weighted by Gasteiger charge is 2.46. The molecule has 18 heavy (non-hydrogen) atoms. The molecule has 1 N–H and O–H groups in total. The summed E-state index contributed by atoms with van der Waals surface area (Å²) >= 11 is 0. The molecule has 0 amide bonds. The Hall–Kier alpha value is -0.490. The molecule has 0 saturated carbocycles. The Morgan fingerprint density at radius 2 is 2.28 bits per heavy atom. The third kappa shape index (κ3) is 3.75. The lowest BCUT2D eigenvalue weighted by Gasteiger charge is -2.55. The highest BCUT2D eigenvalue weighted by molar-refractivity contribution is 5.56. The van der Waals surface area contributed by atoms with Gasteiger partial charge in [-0.1, -0.05) is 0 Å². The highest BCUT2D eigenvalue weighted by atomic mass is 16.5. The summed E-state index contributed by atoms with van der Waals surface area (Å²) in [6, 6.07) is 0. The van der Waals surface area contributed by atoms with Crippen LogP contribution in [0.15, 0.2) is 4.99 Å². The lowest BCUT2D eigenvalue weighted by Crippen LogP contribution is -2.68. The first-order valence-electron chi connectivity index (χ1n) is 6.75. The fourth-order valence-corrected chi connectivity index (χ4v) is 2.32. The smallest absolute Gasteiger partial charge is 0.180 e. The Morgan fingerprint density at radius 1 is 1.50 bits per heavy atom. The third-order valence-corrected chi connectivity index (χ3v) is 3.61. The molecule has 1 aliphatic heterocycles. The first-order chi connectivity index (χ1) is 8.67. The minimum absolute atomic E-state index is 0.233. The fourth-order valence-electron chi connectivity index (χ4n) is 2.32. The van der Waals surface area contributed by atoms with E-state index in [1.54, 1.807) is 7.05 Å². The van der Waals surface area contributed by atoms with Gasteiger partial charge in [-0.2, -0.15) is 0 Å². The summed E-state index contributed by atoms with van der Waals surface area (Å²) in [5.74, 6) is -0.251. The van der Waals surface area contributed by atoms with Crippen molar-refractivity contribution in [3.63, 3.8) is 0 Å². The molecule has 1 rings (SSSR count). The van der Waals surface area contributed by atoms with E-state index in [9.17, 15) is 0 Å². The summed E-state index contributed by atoms with van der Waals surface area (Å²) in [7, 11) is 5.95. The number of rotatable bonds is 9. The molecule has 1 aliphatic rings. The summed E-state index contributed by atoms with van der Waals surface area (Å²) in [6.45, 7) is 2.91.